The van der Waals surface area contributed by atoms with Gasteiger partial charge in [-0.05, 0) is 19.4 Å². The summed E-state index contributed by atoms with van der Waals surface area (Å²) in [5.74, 6) is 0. The molecule has 0 radical (unpaired) electrons. The van der Waals surface area contributed by atoms with Gasteiger partial charge in [0.15, 0.2) is 0 Å². The van der Waals surface area contributed by atoms with Crippen molar-refractivity contribution in [3.05, 3.63) is 28.2 Å². The summed E-state index contributed by atoms with van der Waals surface area (Å²) < 4.78 is 1.70. The van der Waals surface area contributed by atoms with Gasteiger partial charge in [0.2, 0.25) is 0 Å². The van der Waals surface area contributed by atoms with E-state index in [9.17, 15) is 4.79 Å². The number of rotatable bonds is 2. The zero-order valence-corrected chi connectivity index (χ0v) is 7.50. The fourth-order valence-electron chi connectivity index (χ4n) is 1.19. The summed E-state index contributed by atoms with van der Waals surface area (Å²) in [4.78, 5) is 11.3. The molecule has 0 aromatic carbocycles. The van der Waals surface area contributed by atoms with Gasteiger partial charge in [0.25, 0.3) is 5.56 Å². The maximum absolute atomic E-state index is 11.3. The third-order valence-electron chi connectivity index (χ3n) is 1.94. The predicted octanol–water partition coefficient (Wildman–Crippen LogP) is 1.15. The van der Waals surface area contributed by atoms with E-state index in [-0.39, 0.29) is 5.56 Å². The Balaban J connectivity index is 3.23. The first kappa shape index (κ1) is 8.84. The molecule has 1 aromatic heterocycles. The lowest BCUT2D eigenvalue weighted by molar-refractivity contribution is 0.637. The van der Waals surface area contributed by atoms with Crippen LogP contribution in [0.15, 0.2) is 16.9 Å². The van der Waals surface area contributed by atoms with E-state index in [4.69, 9.17) is 5.73 Å². The fourth-order valence-corrected chi connectivity index (χ4v) is 1.19. The summed E-state index contributed by atoms with van der Waals surface area (Å²) >= 11 is 0. The van der Waals surface area contributed by atoms with Gasteiger partial charge in [-0.3, -0.25) is 4.79 Å². The maximum Gasteiger partial charge on any atom is 0.250 e. The highest BCUT2D eigenvalue weighted by Crippen LogP contribution is 2.06. The number of nitrogen functional groups attached to an aromatic ring is 1. The highest BCUT2D eigenvalue weighted by molar-refractivity contribution is 5.41. The van der Waals surface area contributed by atoms with E-state index in [0.29, 0.717) is 5.69 Å². The van der Waals surface area contributed by atoms with Crippen molar-refractivity contribution >= 4 is 5.69 Å². The summed E-state index contributed by atoms with van der Waals surface area (Å²) in [5.41, 5.74) is 7.24. The largest absolute Gasteiger partial charge is 0.397 e. The Kier molecular flexibility index (Phi) is 2.53. The van der Waals surface area contributed by atoms with E-state index in [1.807, 2.05) is 13.8 Å². The van der Waals surface area contributed by atoms with Crippen molar-refractivity contribution in [3.8, 4) is 0 Å². The maximum atomic E-state index is 11.3. The molecule has 12 heavy (non-hydrogen) atoms. The zero-order valence-electron chi connectivity index (χ0n) is 7.50. The van der Waals surface area contributed by atoms with Crippen LogP contribution in [0.25, 0.3) is 0 Å². The number of nitrogens with zero attached hydrogens (tertiary/aromatic N) is 1. The summed E-state index contributed by atoms with van der Waals surface area (Å²) in [6.45, 7) is 4.65. The van der Waals surface area contributed by atoms with E-state index in [1.165, 1.54) is 6.07 Å². The third-order valence-corrected chi connectivity index (χ3v) is 1.94. The van der Waals surface area contributed by atoms with Gasteiger partial charge in [0, 0.05) is 18.3 Å². The minimum absolute atomic E-state index is 0.0311. The summed E-state index contributed by atoms with van der Waals surface area (Å²) in [6, 6.07) is 3.17. The van der Waals surface area contributed by atoms with Crippen molar-refractivity contribution in [1.29, 1.82) is 0 Å². The van der Waals surface area contributed by atoms with E-state index in [0.717, 1.165) is 18.7 Å². The lowest BCUT2D eigenvalue weighted by Gasteiger charge is -2.09. The molecule has 0 bridgehead atoms. The number of hydrogen-bond acceptors (Lipinski definition) is 2. The van der Waals surface area contributed by atoms with Gasteiger partial charge < -0.3 is 10.3 Å². The topological polar surface area (TPSA) is 48.0 Å². The summed E-state index contributed by atoms with van der Waals surface area (Å²) in [7, 11) is 0. The van der Waals surface area contributed by atoms with Gasteiger partial charge in [-0.2, -0.15) is 0 Å². The van der Waals surface area contributed by atoms with E-state index in [1.54, 1.807) is 10.6 Å². The molecule has 3 nitrogen and oxygen atoms in total. The first-order chi connectivity index (χ1) is 5.66. The number of pyridine rings is 1. The molecule has 0 atom stereocenters. The van der Waals surface area contributed by atoms with Crippen LogP contribution in [0.2, 0.25) is 0 Å². The Bertz CT molecular complexity index is 328. The Hall–Kier alpha value is -1.25. The van der Waals surface area contributed by atoms with Crippen LogP contribution < -0.4 is 11.3 Å². The molecule has 1 aromatic rings. The zero-order chi connectivity index (χ0) is 9.14. The average molecular weight is 166 g/mol. The van der Waals surface area contributed by atoms with Crippen LogP contribution in [0.5, 0.6) is 0 Å². The van der Waals surface area contributed by atoms with Gasteiger partial charge in [-0.15, -0.1) is 0 Å². The molecule has 0 aliphatic rings. The second-order valence-corrected chi connectivity index (χ2v) is 2.86. The second kappa shape index (κ2) is 3.43. The molecule has 0 aliphatic carbocycles. The van der Waals surface area contributed by atoms with Crippen molar-refractivity contribution in [2.75, 3.05) is 5.73 Å². The standard InChI is InChI=1S/C9H14N2O/c1-3-6-11-7(2)8(10)4-5-9(11)12/h4-5H,3,6,10H2,1-2H3. The number of anilines is 1. The molecule has 1 heterocycles. The van der Waals surface area contributed by atoms with Crippen LogP contribution in [-0.4, -0.2) is 4.57 Å². The van der Waals surface area contributed by atoms with E-state index >= 15 is 0 Å². The summed E-state index contributed by atoms with van der Waals surface area (Å²) in [5, 5.41) is 0. The molecule has 0 saturated heterocycles. The van der Waals surface area contributed by atoms with Gasteiger partial charge in [-0.1, -0.05) is 6.92 Å². The Morgan fingerprint density at radius 2 is 2.17 bits per heavy atom. The van der Waals surface area contributed by atoms with Crippen molar-refractivity contribution in [1.82, 2.24) is 4.57 Å². The first-order valence-electron chi connectivity index (χ1n) is 4.12. The lowest BCUT2D eigenvalue weighted by atomic mass is 10.3. The number of hydrogen-bond donors (Lipinski definition) is 1. The van der Waals surface area contributed by atoms with Crippen LogP contribution >= 0.6 is 0 Å². The van der Waals surface area contributed by atoms with Gasteiger partial charge >= 0.3 is 0 Å². The highest BCUT2D eigenvalue weighted by Gasteiger charge is 2.00. The Morgan fingerprint density at radius 3 is 2.75 bits per heavy atom. The number of nitrogens with two attached hydrogens (primary N) is 1. The molecule has 2 N–H and O–H groups in total. The third kappa shape index (κ3) is 1.49. The van der Waals surface area contributed by atoms with Crippen molar-refractivity contribution in [2.24, 2.45) is 0 Å². The van der Waals surface area contributed by atoms with Crippen LogP contribution in [0.3, 0.4) is 0 Å². The Morgan fingerprint density at radius 1 is 1.50 bits per heavy atom. The molecule has 0 aliphatic heterocycles. The molecule has 0 spiro atoms. The van der Waals surface area contributed by atoms with Crippen LogP contribution in [0.4, 0.5) is 5.69 Å². The van der Waals surface area contributed by atoms with Gasteiger partial charge in [0.05, 0.1) is 5.69 Å². The molecule has 3 heteroatoms. The average Bonchev–Trinajstić information content (AvgIpc) is 2.06. The molecular weight excluding hydrogens is 152 g/mol. The van der Waals surface area contributed by atoms with Crippen LogP contribution in [-0.2, 0) is 6.54 Å². The Labute approximate surface area is 71.8 Å². The van der Waals surface area contributed by atoms with Crippen LogP contribution in [0, 0.1) is 6.92 Å². The fraction of sp³-hybridized carbons (Fsp3) is 0.444. The number of aromatic nitrogens is 1. The second-order valence-electron chi connectivity index (χ2n) is 2.86. The lowest BCUT2D eigenvalue weighted by Crippen LogP contribution is -2.22. The van der Waals surface area contributed by atoms with Crippen molar-refractivity contribution in [3.63, 3.8) is 0 Å². The molecule has 0 fully saturated rings. The minimum Gasteiger partial charge on any atom is -0.397 e. The first-order valence-corrected chi connectivity index (χ1v) is 4.12. The molecule has 0 unspecified atom stereocenters. The predicted molar refractivity (Wildman–Crippen MR) is 50.1 cm³/mol. The minimum atomic E-state index is 0.0311. The smallest absolute Gasteiger partial charge is 0.250 e. The molecule has 66 valence electrons. The van der Waals surface area contributed by atoms with Crippen molar-refractivity contribution in [2.45, 2.75) is 26.8 Å². The molecule has 1 rings (SSSR count). The highest BCUT2D eigenvalue weighted by atomic mass is 16.1. The quantitative estimate of drug-likeness (QED) is 0.716. The van der Waals surface area contributed by atoms with Crippen molar-refractivity contribution < 1.29 is 0 Å². The van der Waals surface area contributed by atoms with E-state index < -0.39 is 0 Å². The van der Waals surface area contributed by atoms with Gasteiger partial charge in [-0.25, -0.2) is 0 Å². The molecular formula is C9H14N2O. The molecule has 0 amide bonds. The van der Waals surface area contributed by atoms with Crippen LogP contribution in [0.1, 0.15) is 19.0 Å². The van der Waals surface area contributed by atoms with E-state index in [2.05, 4.69) is 0 Å². The molecule has 0 saturated carbocycles. The normalized spacial score (nSPS) is 10.2. The van der Waals surface area contributed by atoms with Gasteiger partial charge in [0.1, 0.15) is 0 Å². The SMILES string of the molecule is CCCn1c(C)c(N)ccc1=O. The summed E-state index contributed by atoms with van der Waals surface area (Å²) in [6.07, 6.45) is 0.949. The monoisotopic (exact) mass is 166 g/mol.